The van der Waals surface area contributed by atoms with E-state index in [1.54, 1.807) is 30.3 Å². The number of carbonyl (C=O) groups excluding carboxylic acids is 2. The van der Waals surface area contributed by atoms with Gasteiger partial charge in [-0.15, -0.1) is 0 Å². The van der Waals surface area contributed by atoms with Gasteiger partial charge in [0.15, 0.2) is 11.5 Å². The molecule has 0 aliphatic carbocycles. The van der Waals surface area contributed by atoms with Crippen LogP contribution in [0.15, 0.2) is 30.3 Å². The molecule has 0 saturated carbocycles. The molecule has 9 heteroatoms. The van der Waals surface area contributed by atoms with Crippen molar-refractivity contribution in [3.8, 4) is 23.0 Å². The highest BCUT2D eigenvalue weighted by Crippen LogP contribution is 2.40. The summed E-state index contributed by atoms with van der Waals surface area (Å²) in [5, 5.41) is 3.18. The van der Waals surface area contributed by atoms with Crippen LogP contribution in [0.5, 0.6) is 23.0 Å². The maximum Gasteiger partial charge on any atom is 0.231 e. The Morgan fingerprint density at radius 1 is 1.14 bits per heavy atom. The third kappa shape index (κ3) is 3.63. The molecule has 0 unspecified atom stereocenters. The molecule has 1 saturated heterocycles. The van der Waals surface area contributed by atoms with Crippen molar-refractivity contribution < 1.29 is 28.5 Å². The van der Waals surface area contributed by atoms with Crippen molar-refractivity contribution >= 4 is 34.8 Å². The molecule has 4 rings (SSSR count). The molecule has 29 heavy (non-hydrogen) atoms. The first kappa shape index (κ1) is 19.2. The molecule has 1 N–H and O–H groups in total. The second kappa shape index (κ2) is 7.71. The summed E-state index contributed by atoms with van der Waals surface area (Å²) in [6.45, 7) is 0.374. The van der Waals surface area contributed by atoms with E-state index in [1.807, 2.05) is 0 Å². The summed E-state index contributed by atoms with van der Waals surface area (Å²) in [7, 11) is 2.99. The van der Waals surface area contributed by atoms with Gasteiger partial charge in [-0.3, -0.25) is 9.59 Å². The zero-order valence-corrected chi connectivity index (χ0v) is 16.6. The first-order chi connectivity index (χ1) is 14.0. The van der Waals surface area contributed by atoms with Crippen molar-refractivity contribution in [1.29, 1.82) is 0 Å². The van der Waals surface area contributed by atoms with E-state index in [-0.39, 0.29) is 31.6 Å². The second-order valence-electron chi connectivity index (χ2n) is 6.62. The average Bonchev–Trinajstić information content (AvgIpc) is 3.33. The van der Waals surface area contributed by atoms with Crippen LogP contribution in [-0.4, -0.2) is 39.4 Å². The molecule has 8 nitrogen and oxygen atoms in total. The molecular formula is C20H19ClN2O6. The maximum atomic E-state index is 12.7. The number of rotatable bonds is 5. The van der Waals surface area contributed by atoms with E-state index in [2.05, 4.69) is 5.32 Å². The van der Waals surface area contributed by atoms with Gasteiger partial charge in [-0.25, -0.2) is 0 Å². The topological polar surface area (TPSA) is 86.3 Å². The Morgan fingerprint density at radius 3 is 2.66 bits per heavy atom. The SMILES string of the molecule is COc1cc(OC)c(N2C[C@H](C(=O)Nc3ccc4c(c3)OCO4)CC2=O)cc1Cl. The number of ether oxygens (including phenoxy) is 4. The van der Waals surface area contributed by atoms with E-state index in [4.69, 9.17) is 30.5 Å². The Kier molecular flexibility index (Phi) is 5.10. The summed E-state index contributed by atoms with van der Waals surface area (Å²) in [4.78, 5) is 26.8. The Bertz CT molecular complexity index is 980. The average molecular weight is 419 g/mol. The molecule has 2 aliphatic rings. The van der Waals surface area contributed by atoms with Crippen LogP contribution >= 0.6 is 11.6 Å². The standard InChI is InChI=1S/C20H19ClN2O6/c1-26-16-8-17(27-2)14(7-13(16)21)23-9-11(5-19(23)24)20(25)22-12-3-4-15-18(6-12)29-10-28-15/h3-4,6-8,11H,5,9-10H2,1-2H3,(H,22,25)/t11-/m1/s1. The van der Waals surface area contributed by atoms with Gasteiger partial charge < -0.3 is 29.2 Å². The highest BCUT2D eigenvalue weighted by Gasteiger charge is 2.37. The van der Waals surface area contributed by atoms with Gasteiger partial charge in [-0.1, -0.05) is 11.6 Å². The number of hydrogen-bond donors (Lipinski definition) is 1. The van der Waals surface area contributed by atoms with Gasteiger partial charge in [0.25, 0.3) is 0 Å². The fraction of sp³-hybridized carbons (Fsp3) is 0.300. The van der Waals surface area contributed by atoms with Gasteiger partial charge in [0, 0.05) is 30.8 Å². The number of carbonyl (C=O) groups is 2. The van der Waals surface area contributed by atoms with Crippen LogP contribution in [0.2, 0.25) is 5.02 Å². The third-order valence-corrected chi connectivity index (χ3v) is 5.18. The van der Waals surface area contributed by atoms with Crippen molar-refractivity contribution in [2.45, 2.75) is 6.42 Å². The quantitative estimate of drug-likeness (QED) is 0.803. The summed E-state index contributed by atoms with van der Waals surface area (Å²) < 4.78 is 21.2. The first-order valence-corrected chi connectivity index (χ1v) is 9.30. The van der Waals surface area contributed by atoms with Crippen molar-refractivity contribution in [3.63, 3.8) is 0 Å². The number of methoxy groups -OCH3 is 2. The van der Waals surface area contributed by atoms with E-state index < -0.39 is 5.92 Å². The van der Waals surface area contributed by atoms with Crippen LogP contribution in [0, 0.1) is 5.92 Å². The van der Waals surface area contributed by atoms with Gasteiger partial charge in [-0.2, -0.15) is 0 Å². The first-order valence-electron chi connectivity index (χ1n) is 8.92. The fourth-order valence-electron chi connectivity index (χ4n) is 3.39. The summed E-state index contributed by atoms with van der Waals surface area (Å²) in [6, 6.07) is 8.38. The summed E-state index contributed by atoms with van der Waals surface area (Å²) in [5.74, 6) is 1.14. The minimum absolute atomic E-state index is 0.0865. The molecule has 0 spiro atoms. The predicted octanol–water partition coefficient (Wildman–Crippen LogP) is 3.08. The highest BCUT2D eigenvalue weighted by atomic mass is 35.5. The van der Waals surface area contributed by atoms with Crippen molar-refractivity contribution in [3.05, 3.63) is 35.4 Å². The van der Waals surface area contributed by atoms with E-state index in [1.165, 1.54) is 19.1 Å². The van der Waals surface area contributed by atoms with Crippen molar-refractivity contribution in [1.82, 2.24) is 0 Å². The van der Waals surface area contributed by atoms with Gasteiger partial charge in [0.1, 0.15) is 11.5 Å². The Morgan fingerprint density at radius 2 is 1.90 bits per heavy atom. The lowest BCUT2D eigenvalue weighted by atomic mass is 10.1. The van der Waals surface area contributed by atoms with Crippen LogP contribution in [0.1, 0.15) is 6.42 Å². The molecular weight excluding hydrogens is 400 g/mol. The van der Waals surface area contributed by atoms with Crippen LogP contribution < -0.4 is 29.2 Å². The smallest absolute Gasteiger partial charge is 0.231 e. The van der Waals surface area contributed by atoms with E-state index in [0.717, 1.165) is 0 Å². The molecule has 2 aromatic carbocycles. The molecule has 1 atom stereocenters. The van der Waals surface area contributed by atoms with Crippen LogP contribution in [-0.2, 0) is 9.59 Å². The molecule has 2 heterocycles. The minimum Gasteiger partial charge on any atom is -0.495 e. The molecule has 2 amide bonds. The van der Waals surface area contributed by atoms with Crippen LogP contribution in [0.4, 0.5) is 11.4 Å². The lowest BCUT2D eigenvalue weighted by Crippen LogP contribution is -2.28. The monoisotopic (exact) mass is 418 g/mol. The van der Waals surface area contributed by atoms with Gasteiger partial charge >= 0.3 is 0 Å². The van der Waals surface area contributed by atoms with Gasteiger partial charge in [0.05, 0.1) is 30.8 Å². The Balaban J connectivity index is 1.50. The zero-order valence-electron chi connectivity index (χ0n) is 15.9. The van der Waals surface area contributed by atoms with Crippen LogP contribution in [0.3, 0.4) is 0 Å². The third-order valence-electron chi connectivity index (χ3n) is 4.88. The summed E-state index contributed by atoms with van der Waals surface area (Å²) >= 11 is 6.22. The summed E-state index contributed by atoms with van der Waals surface area (Å²) in [6.07, 6.45) is 0.0865. The maximum absolute atomic E-state index is 12.7. The van der Waals surface area contributed by atoms with Gasteiger partial charge in [-0.05, 0) is 18.2 Å². The molecule has 2 aliphatic heterocycles. The number of benzene rings is 2. The number of amides is 2. The Labute approximate surface area is 172 Å². The number of nitrogens with one attached hydrogen (secondary N) is 1. The van der Waals surface area contributed by atoms with Gasteiger partial charge in [0.2, 0.25) is 18.6 Å². The van der Waals surface area contributed by atoms with Crippen molar-refractivity contribution in [2.24, 2.45) is 5.92 Å². The number of halogens is 1. The zero-order chi connectivity index (χ0) is 20.5. The second-order valence-corrected chi connectivity index (χ2v) is 7.03. The van der Waals surface area contributed by atoms with E-state index in [9.17, 15) is 9.59 Å². The number of anilines is 2. The summed E-state index contributed by atoms with van der Waals surface area (Å²) in [5.41, 5.74) is 1.08. The highest BCUT2D eigenvalue weighted by molar-refractivity contribution is 6.32. The lowest BCUT2D eigenvalue weighted by Gasteiger charge is -2.21. The molecule has 0 aromatic heterocycles. The molecule has 152 valence electrons. The molecule has 0 radical (unpaired) electrons. The molecule has 0 bridgehead atoms. The van der Waals surface area contributed by atoms with E-state index in [0.29, 0.717) is 39.4 Å². The molecule has 2 aromatic rings. The normalized spacial score (nSPS) is 17.4. The Hall–Kier alpha value is -3.13. The fourth-order valence-corrected chi connectivity index (χ4v) is 3.62. The lowest BCUT2D eigenvalue weighted by molar-refractivity contribution is -0.122. The minimum atomic E-state index is -0.515. The number of hydrogen-bond acceptors (Lipinski definition) is 6. The predicted molar refractivity (Wildman–Crippen MR) is 106 cm³/mol. The largest absolute Gasteiger partial charge is 0.495 e. The molecule has 1 fully saturated rings. The number of fused-ring (bicyclic) bond motifs is 1. The van der Waals surface area contributed by atoms with E-state index >= 15 is 0 Å². The number of nitrogens with zero attached hydrogens (tertiary/aromatic N) is 1. The van der Waals surface area contributed by atoms with Crippen LogP contribution in [0.25, 0.3) is 0 Å². The van der Waals surface area contributed by atoms with Crippen molar-refractivity contribution in [2.75, 3.05) is 37.8 Å².